The van der Waals surface area contributed by atoms with E-state index in [0.29, 0.717) is 5.92 Å². The summed E-state index contributed by atoms with van der Waals surface area (Å²) in [6.45, 7) is 2.98. The first-order chi connectivity index (χ1) is 7.29. The Morgan fingerprint density at radius 1 is 1.38 bits per heavy atom. The van der Waals surface area contributed by atoms with Crippen molar-refractivity contribution < 1.29 is 0 Å². The summed E-state index contributed by atoms with van der Waals surface area (Å²) in [6.07, 6.45) is 4.23. The lowest BCUT2D eigenvalue weighted by Gasteiger charge is -2.32. The van der Waals surface area contributed by atoms with E-state index in [1.807, 2.05) is 12.3 Å². The first-order valence-electron chi connectivity index (χ1n) is 5.36. The Labute approximate surface area is 111 Å². The Kier molecular flexibility index (Phi) is 5.52. The lowest BCUT2D eigenvalue weighted by molar-refractivity contribution is 0.413. The molecule has 0 unspecified atom stereocenters. The van der Waals surface area contributed by atoms with Gasteiger partial charge in [0.15, 0.2) is 0 Å². The number of hydrogen-bond acceptors (Lipinski definition) is 3. The fraction of sp³-hybridized carbons (Fsp3) is 0.545. The van der Waals surface area contributed by atoms with Gasteiger partial charge in [0.2, 0.25) is 0 Å². The molecule has 2 N–H and O–H groups in total. The predicted molar refractivity (Wildman–Crippen MR) is 73.2 cm³/mol. The molecule has 0 bridgehead atoms. The highest BCUT2D eigenvalue weighted by Gasteiger charge is 2.18. The van der Waals surface area contributed by atoms with Crippen molar-refractivity contribution in [2.75, 3.05) is 24.5 Å². The monoisotopic (exact) mass is 305 g/mol. The molecule has 1 fully saturated rings. The third-order valence-corrected chi connectivity index (χ3v) is 3.45. The summed E-state index contributed by atoms with van der Waals surface area (Å²) in [5, 5.41) is 0. The Morgan fingerprint density at radius 3 is 2.56 bits per heavy atom. The van der Waals surface area contributed by atoms with Crippen LogP contribution in [0.2, 0.25) is 0 Å². The summed E-state index contributed by atoms with van der Waals surface area (Å²) in [5.41, 5.74) is 5.67. The zero-order chi connectivity index (χ0) is 10.7. The van der Waals surface area contributed by atoms with E-state index in [9.17, 15) is 0 Å². The topological polar surface area (TPSA) is 42.1 Å². The second-order valence-corrected chi connectivity index (χ2v) is 4.92. The third kappa shape index (κ3) is 3.34. The Morgan fingerprint density at radius 2 is 2.06 bits per heavy atom. The molecule has 0 aromatic carbocycles. The minimum atomic E-state index is 0. The first kappa shape index (κ1) is 13.7. The maximum atomic E-state index is 5.67. The zero-order valence-electron chi connectivity index (χ0n) is 9.10. The normalized spacial score (nSPS) is 17.0. The predicted octanol–water partition coefficient (Wildman–Crippen LogP) is 2.44. The molecular formula is C11H17BrClN3. The fourth-order valence-corrected chi connectivity index (χ4v) is 2.19. The number of anilines is 1. The van der Waals surface area contributed by atoms with E-state index in [0.717, 1.165) is 29.9 Å². The van der Waals surface area contributed by atoms with Crippen molar-refractivity contribution in [2.24, 2.45) is 11.7 Å². The molecule has 0 aliphatic carbocycles. The van der Waals surface area contributed by atoms with Gasteiger partial charge in [-0.1, -0.05) is 0 Å². The Hall–Kier alpha value is -0.320. The summed E-state index contributed by atoms with van der Waals surface area (Å²) < 4.78 is 1.03. The van der Waals surface area contributed by atoms with Crippen LogP contribution in [0.4, 0.5) is 5.82 Å². The van der Waals surface area contributed by atoms with Crippen molar-refractivity contribution >= 4 is 34.2 Å². The zero-order valence-corrected chi connectivity index (χ0v) is 11.5. The molecule has 0 atom stereocenters. The molecule has 1 saturated heterocycles. The van der Waals surface area contributed by atoms with Gasteiger partial charge in [0.05, 0.1) is 0 Å². The highest BCUT2D eigenvalue weighted by atomic mass is 79.9. The number of pyridine rings is 1. The quantitative estimate of drug-likeness (QED) is 0.912. The summed E-state index contributed by atoms with van der Waals surface area (Å²) in [4.78, 5) is 6.73. The lowest BCUT2D eigenvalue weighted by atomic mass is 9.97. The van der Waals surface area contributed by atoms with E-state index in [-0.39, 0.29) is 12.4 Å². The SMILES string of the molecule is Cl.NCC1CCN(c2ccc(Br)cn2)CC1. The first-order valence-corrected chi connectivity index (χ1v) is 6.15. The molecule has 2 rings (SSSR count). The maximum absolute atomic E-state index is 5.67. The van der Waals surface area contributed by atoms with Gasteiger partial charge in [-0.05, 0) is 53.4 Å². The van der Waals surface area contributed by atoms with Crippen LogP contribution in [0.1, 0.15) is 12.8 Å². The molecule has 1 aromatic heterocycles. The minimum Gasteiger partial charge on any atom is -0.357 e. The van der Waals surface area contributed by atoms with Gasteiger partial charge in [0, 0.05) is 23.8 Å². The third-order valence-electron chi connectivity index (χ3n) is 2.98. The summed E-state index contributed by atoms with van der Waals surface area (Å²) >= 11 is 3.39. The van der Waals surface area contributed by atoms with Crippen LogP contribution >= 0.6 is 28.3 Å². The van der Waals surface area contributed by atoms with E-state index >= 15 is 0 Å². The van der Waals surface area contributed by atoms with Gasteiger partial charge in [0.1, 0.15) is 5.82 Å². The van der Waals surface area contributed by atoms with Gasteiger partial charge in [-0.3, -0.25) is 0 Å². The number of piperidine rings is 1. The number of rotatable bonds is 2. The van der Waals surface area contributed by atoms with Crippen LogP contribution in [0.15, 0.2) is 22.8 Å². The van der Waals surface area contributed by atoms with Crippen LogP contribution in [0, 0.1) is 5.92 Å². The summed E-state index contributed by atoms with van der Waals surface area (Å²) in [7, 11) is 0. The smallest absolute Gasteiger partial charge is 0.128 e. The van der Waals surface area contributed by atoms with Crippen molar-refractivity contribution in [3.8, 4) is 0 Å². The second-order valence-electron chi connectivity index (χ2n) is 4.00. The fourth-order valence-electron chi connectivity index (χ4n) is 1.95. The molecule has 0 saturated carbocycles. The van der Waals surface area contributed by atoms with Crippen molar-refractivity contribution in [1.29, 1.82) is 0 Å². The van der Waals surface area contributed by atoms with Crippen LogP contribution in [-0.4, -0.2) is 24.6 Å². The average molecular weight is 307 g/mol. The minimum absolute atomic E-state index is 0. The second kappa shape index (κ2) is 6.42. The van der Waals surface area contributed by atoms with Crippen molar-refractivity contribution in [3.63, 3.8) is 0 Å². The summed E-state index contributed by atoms with van der Waals surface area (Å²) in [5.74, 6) is 1.78. The van der Waals surface area contributed by atoms with Gasteiger partial charge >= 0.3 is 0 Å². The van der Waals surface area contributed by atoms with Crippen LogP contribution < -0.4 is 10.6 Å². The maximum Gasteiger partial charge on any atom is 0.128 e. The highest BCUT2D eigenvalue weighted by Crippen LogP contribution is 2.21. The van der Waals surface area contributed by atoms with Crippen LogP contribution in [0.25, 0.3) is 0 Å². The van der Waals surface area contributed by atoms with Gasteiger partial charge in [0.25, 0.3) is 0 Å². The standard InChI is InChI=1S/C11H16BrN3.ClH/c12-10-1-2-11(14-8-10)15-5-3-9(7-13)4-6-15;/h1-2,8-9H,3-7,13H2;1H. The van der Waals surface area contributed by atoms with Crippen molar-refractivity contribution in [3.05, 3.63) is 22.8 Å². The molecule has 3 nitrogen and oxygen atoms in total. The molecule has 90 valence electrons. The summed E-state index contributed by atoms with van der Waals surface area (Å²) in [6, 6.07) is 4.10. The average Bonchev–Trinajstić information content (AvgIpc) is 2.30. The van der Waals surface area contributed by atoms with Crippen LogP contribution in [0.3, 0.4) is 0 Å². The molecule has 0 spiro atoms. The highest BCUT2D eigenvalue weighted by molar-refractivity contribution is 9.10. The van der Waals surface area contributed by atoms with E-state index in [1.165, 1.54) is 12.8 Å². The van der Waals surface area contributed by atoms with Gasteiger partial charge in [-0.2, -0.15) is 0 Å². The Balaban J connectivity index is 0.00000128. The Bertz CT molecular complexity index is 310. The number of hydrogen-bond donors (Lipinski definition) is 1. The van der Waals surface area contributed by atoms with Gasteiger partial charge in [-0.15, -0.1) is 12.4 Å². The lowest BCUT2D eigenvalue weighted by Crippen LogP contribution is -2.36. The van der Waals surface area contributed by atoms with Crippen molar-refractivity contribution in [2.45, 2.75) is 12.8 Å². The van der Waals surface area contributed by atoms with E-state index in [4.69, 9.17) is 5.73 Å². The number of halogens is 2. The van der Waals surface area contributed by atoms with E-state index < -0.39 is 0 Å². The molecule has 16 heavy (non-hydrogen) atoms. The number of nitrogens with two attached hydrogens (primary N) is 1. The molecule has 1 aliphatic rings. The number of nitrogens with zero attached hydrogens (tertiary/aromatic N) is 2. The van der Waals surface area contributed by atoms with Crippen LogP contribution in [-0.2, 0) is 0 Å². The molecule has 0 radical (unpaired) electrons. The van der Waals surface area contributed by atoms with Gasteiger partial charge in [-0.25, -0.2) is 4.98 Å². The molecule has 1 aliphatic heterocycles. The molecule has 5 heteroatoms. The van der Waals surface area contributed by atoms with Crippen LogP contribution in [0.5, 0.6) is 0 Å². The van der Waals surface area contributed by atoms with Crippen molar-refractivity contribution in [1.82, 2.24) is 4.98 Å². The van der Waals surface area contributed by atoms with Gasteiger partial charge < -0.3 is 10.6 Å². The number of aromatic nitrogens is 1. The molecular weight excluding hydrogens is 289 g/mol. The molecule has 1 aromatic rings. The largest absolute Gasteiger partial charge is 0.357 e. The van der Waals surface area contributed by atoms with E-state index in [1.54, 1.807) is 0 Å². The molecule has 2 heterocycles. The van der Waals surface area contributed by atoms with E-state index in [2.05, 4.69) is 31.9 Å². The molecule has 0 amide bonds.